The summed E-state index contributed by atoms with van der Waals surface area (Å²) in [4.78, 5) is 8.55. The Morgan fingerprint density at radius 1 is 1.26 bits per heavy atom. The Kier molecular flexibility index (Phi) is 7.94. The molecule has 142 valence electrons. The van der Waals surface area contributed by atoms with Crippen LogP contribution in [0.4, 0.5) is 0 Å². The zero-order valence-electron chi connectivity index (χ0n) is 14.6. The SMILES string of the molecule is CC(NC(N)=NCc1ccccc1-n1ccnc1)c1ccc(Cl)cc1Cl.I. The number of rotatable bonds is 5. The van der Waals surface area contributed by atoms with Gasteiger partial charge in [-0.1, -0.05) is 47.5 Å². The van der Waals surface area contributed by atoms with E-state index in [0.717, 1.165) is 16.8 Å². The summed E-state index contributed by atoms with van der Waals surface area (Å²) >= 11 is 12.2. The molecule has 1 atom stereocenters. The van der Waals surface area contributed by atoms with Crippen LogP contribution in [0.25, 0.3) is 5.69 Å². The predicted octanol–water partition coefficient (Wildman–Crippen LogP) is 4.96. The predicted molar refractivity (Wildman–Crippen MR) is 122 cm³/mol. The van der Waals surface area contributed by atoms with Crippen LogP contribution in [-0.4, -0.2) is 15.5 Å². The van der Waals surface area contributed by atoms with Crippen LogP contribution < -0.4 is 11.1 Å². The lowest BCUT2D eigenvalue weighted by Gasteiger charge is -2.16. The molecule has 0 bridgehead atoms. The molecule has 8 heteroatoms. The molecule has 3 aromatic rings. The van der Waals surface area contributed by atoms with Gasteiger partial charge in [0.2, 0.25) is 0 Å². The second kappa shape index (κ2) is 9.96. The minimum atomic E-state index is -0.0904. The first kappa shape index (κ1) is 21.5. The highest BCUT2D eigenvalue weighted by Gasteiger charge is 2.11. The third-order valence-corrected chi connectivity index (χ3v) is 4.55. The van der Waals surface area contributed by atoms with Crippen LogP contribution in [0.5, 0.6) is 0 Å². The fraction of sp³-hybridized carbons (Fsp3) is 0.158. The number of hydrogen-bond acceptors (Lipinski definition) is 2. The molecular weight excluding hydrogens is 496 g/mol. The number of imidazole rings is 1. The number of para-hydroxylation sites is 1. The maximum absolute atomic E-state index is 6.24. The van der Waals surface area contributed by atoms with Crippen molar-refractivity contribution in [3.05, 3.63) is 82.4 Å². The van der Waals surface area contributed by atoms with Gasteiger partial charge in [-0.05, 0) is 36.2 Å². The minimum Gasteiger partial charge on any atom is -0.370 e. The van der Waals surface area contributed by atoms with E-state index in [-0.39, 0.29) is 30.0 Å². The second-order valence-corrected chi connectivity index (χ2v) is 6.68. The molecular formula is C19H20Cl2IN5. The summed E-state index contributed by atoms with van der Waals surface area (Å²) in [5.74, 6) is 0.351. The number of guanidine groups is 1. The van der Waals surface area contributed by atoms with Crippen LogP contribution in [0.3, 0.4) is 0 Å². The van der Waals surface area contributed by atoms with Gasteiger partial charge in [0.05, 0.1) is 24.6 Å². The van der Waals surface area contributed by atoms with Crippen molar-refractivity contribution in [2.45, 2.75) is 19.5 Å². The van der Waals surface area contributed by atoms with Crippen molar-refractivity contribution >= 4 is 53.1 Å². The maximum Gasteiger partial charge on any atom is 0.189 e. The summed E-state index contributed by atoms with van der Waals surface area (Å²) in [5, 5.41) is 4.36. The summed E-state index contributed by atoms with van der Waals surface area (Å²) in [5.41, 5.74) is 9.04. The van der Waals surface area contributed by atoms with E-state index in [0.29, 0.717) is 22.5 Å². The number of aliphatic imine (C=N–C) groups is 1. The highest BCUT2D eigenvalue weighted by molar-refractivity contribution is 14.0. The minimum absolute atomic E-state index is 0. The molecule has 0 saturated heterocycles. The van der Waals surface area contributed by atoms with Crippen LogP contribution in [-0.2, 0) is 6.54 Å². The summed E-state index contributed by atoms with van der Waals surface area (Å²) in [6, 6.07) is 13.3. The van der Waals surface area contributed by atoms with Gasteiger partial charge in [-0.2, -0.15) is 0 Å². The van der Waals surface area contributed by atoms with Gasteiger partial charge in [0.25, 0.3) is 0 Å². The number of halogens is 3. The first-order chi connectivity index (χ1) is 12.5. The summed E-state index contributed by atoms with van der Waals surface area (Å²) in [7, 11) is 0. The fourth-order valence-corrected chi connectivity index (χ4v) is 3.24. The van der Waals surface area contributed by atoms with Crippen LogP contribution in [0.1, 0.15) is 24.1 Å². The molecule has 3 rings (SSSR count). The molecule has 0 aliphatic carbocycles. The average Bonchev–Trinajstić information content (AvgIpc) is 3.14. The first-order valence-corrected chi connectivity index (χ1v) is 8.88. The van der Waals surface area contributed by atoms with Crippen LogP contribution in [0.15, 0.2) is 66.2 Å². The normalized spacial score (nSPS) is 12.3. The number of nitrogens with zero attached hydrogens (tertiary/aromatic N) is 3. The molecule has 1 unspecified atom stereocenters. The van der Waals surface area contributed by atoms with E-state index in [4.69, 9.17) is 28.9 Å². The van der Waals surface area contributed by atoms with Gasteiger partial charge in [-0.25, -0.2) is 9.98 Å². The van der Waals surface area contributed by atoms with Gasteiger partial charge in [0, 0.05) is 22.4 Å². The Bertz CT molecular complexity index is 912. The van der Waals surface area contributed by atoms with Crippen LogP contribution in [0.2, 0.25) is 10.0 Å². The van der Waals surface area contributed by atoms with Gasteiger partial charge in [-0.15, -0.1) is 24.0 Å². The number of hydrogen-bond donors (Lipinski definition) is 2. The fourth-order valence-electron chi connectivity index (χ4n) is 2.67. The number of benzene rings is 2. The molecule has 0 radical (unpaired) electrons. The Morgan fingerprint density at radius 3 is 2.74 bits per heavy atom. The lowest BCUT2D eigenvalue weighted by molar-refractivity contribution is 0.708. The molecule has 0 fully saturated rings. The third kappa shape index (κ3) is 5.60. The third-order valence-electron chi connectivity index (χ3n) is 3.99. The van der Waals surface area contributed by atoms with Crippen molar-refractivity contribution in [2.75, 3.05) is 0 Å². The van der Waals surface area contributed by atoms with Crippen LogP contribution in [0, 0.1) is 0 Å². The van der Waals surface area contributed by atoms with Crippen molar-refractivity contribution in [2.24, 2.45) is 10.7 Å². The Hall–Kier alpha value is -1.77. The molecule has 2 aromatic carbocycles. The Morgan fingerprint density at radius 2 is 2.04 bits per heavy atom. The van der Waals surface area contributed by atoms with E-state index in [1.165, 1.54) is 0 Å². The molecule has 0 aliphatic rings. The molecule has 27 heavy (non-hydrogen) atoms. The van der Waals surface area contributed by atoms with E-state index in [1.54, 1.807) is 24.7 Å². The molecule has 0 aliphatic heterocycles. The van der Waals surface area contributed by atoms with Crippen molar-refractivity contribution in [1.82, 2.24) is 14.9 Å². The topological polar surface area (TPSA) is 68.2 Å². The zero-order valence-corrected chi connectivity index (χ0v) is 18.5. The molecule has 0 saturated carbocycles. The number of nitrogens with two attached hydrogens (primary N) is 1. The maximum atomic E-state index is 6.24. The van der Waals surface area contributed by atoms with Crippen molar-refractivity contribution in [3.8, 4) is 5.69 Å². The van der Waals surface area contributed by atoms with E-state index < -0.39 is 0 Å². The van der Waals surface area contributed by atoms with E-state index >= 15 is 0 Å². The van der Waals surface area contributed by atoms with Crippen LogP contribution >= 0.6 is 47.2 Å². The van der Waals surface area contributed by atoms with E-state index in [1.807, 2.05) is 48.0 Å². The van der Waals surface area contributed by atoms with Gasteiger partial charge in [0.15, 0.2) is 5.96 Å². The summed E-state index contributed by atoms with van der Waals surface area (Å²) in [6.45, 7) is 2.42. The monoisotopic (exact) mass is 515 g/mol. The Labute approximate surface area is 185 Å². The molecule has 1 aromatic heterocycles. The van der Waals surface area contributed by atoms with Gasteiger partial charge >= 0.3 is 0 Å². The summed E-state index contributed by atoms with van der Waals surface area (Å²) in [6.07, 6.45) is 5.40. The van der Waals surface area contributed by atoms with Gasteiger partial charge in [0.1, 0.15) is 0 Å². The molecule has 5 nitrogen and oxygen atoms in total. The van der Waals surface area contributed by atoms with Crippen molar-refractivity contribution in [1.29, 1.82) is 0 Å². The quantitative estimate of drug-likeness (QED) is 0.286. The standard InChI is InChI=1S/C19H19Cl2N5.HI/c1-13(16-7-6-15(20)10-17(16)21)25-19(22)24-11-14-4-2-3-5-18(14)26-9-8-23-12-26;/h2-10,12-13H,11H2,1H3,(H3,22,24,25);1H. The number of aromatic nitrogens is 2. The van der Waals surface area contributed by atoms with Crippen molar-refractivity contribution < 1.29 is 0 Å². The highest BCUT2D eigenvalue weighted by Crippen LogP contribution is 2.26. The zero-order chi connectivity index (χ0) is 18.5. The smallest absolute Gasteiger partial charge is 0.189 e. The molecule has 1 heterocycles. The van der Waals surface area contributed by atoms with E-state index in [2.05, 4.69) is 15.3 Å². The molecule has 3 N–H and O–H groups in total. The molecule has 0 spiro atoms. The van der Waals surface area contributed by atoms with Gasteiger partial charge < -0.3 is 15.6 Å². The average molecular weight is 516 g/mol. The van der Waals surface area contributed by atoms with E-state index in [9.17, 15) is 0 Å². The van der Waals surface area contributed by atoms with Gasteiger partial charge in [-0.3, -0.25) is 0 Å². The van der Waals surface area contributed by atoms with Crippen molar-refractivity contribution in [3.63, 3.8) is 0 Å². The second-order valence-electron chi connectivity index (χ2n) is 5.83. The Balaban J connectivity index is 0.00000261. The lowest BCUT2D eigenvalue weighted by Crippen LogP contribution is -2.34. The lowest BCUT2D eigenvalue weighted by atomic mass is 10.1. The highest BCUT2D eigenvalue weighted by atomic mass is 127. The largest absolute Gasteiger partial charge is 0.370 e. The molecule has 0 amide bonds. The number of nitrogens with one attached hydrogen (secondary N) is 1. The first-order valence-electron chi connectivity index (χ1n) is 8.12. The summed E-state index contributed by atoms with van der Waals surface area (Å²) < 4.78 is 1.95.